The summed E-state index contributed by atoms with van der Waals surface area (Å²) in [5, 5.41) is 18.2. The number of rotatable bonds is 8. The molecule has 1 saturated heterocycles. The highest BCUT2D eigenvalue weighted by Crippen LogP contribution is 2.29. The minimum absolute atomic E-state index is 0.210. The number of aliphatic hydroxyl groups is 1. The largest absolute Gasteiger partial charge is 0.381 e. The number of nitrogens with zero attached hydrogens (tertiary/aromatic N) is 4. The molecule has 2 fully saturated rings. The highest BCUT2D eigenvalue weighted by Gasteiger charge is 2.28. The van der Waals surface area contributed by atoms with Crippen LogP contribution < -0.4 is 11.1 Å². The zero-order chi connectivity index (χ0) is 23.1. The van der Waals surface area contributed by atoms with E-state index in [1.54, 1.807) is 16.9 Å². The van der Waals surface area contributed by atoms with Gasteiger partial charge in [0.2, 0.25) is 5.78 Å². The van der Waals surface area contributed by atoms with E-state index < -0.39 is 5.60 Å². The summed E-state index contributed by atoms with van der Waals surface area (Å²) in [6.07, 6.45) is 8.58. The van der Waals surface area contributed by atoms with E-state index in [1.165, 1.54) is 12.5 Å². The van der Waals surface area contributed by atoms with Gasteiger partial charge in [-0.1, -0.05) is 11.8 Å². The lowest BCUT2D eigenvalue weighted by molar-refractivity contribution is -0.0262. The fraction of sp³-hybridized carbons (Fsp3) is 0.565. The maximum atomic E-state index is 13.1. The molecule has 0 spiro atoms. The Labute approximate surface area is 192 Å². The van der Waals surface area contributed by atoms with Crippen molar-refractivity contribution in [3.63, 3.8) is 0 Å². The molecule has 2 aliphatic rings. The predicted molar refractivity (Wildman–Crippen MR) is 120 cm³/mol. The first kappa shape index (κ1) is 23.3. The zero-order valence-corrected chi connectivity index (χ0v) is 18.6. The highest BCUT2D eigenvalue weighted by molar-refractivity contribution is 6.10. The average Bonchev–Trinajstić information content (AvgIpc) is 3.48. The first-order chi connectivity index (χ1) is 16.1. The third-order valence-electron chi connectivity index (χ3n) is 6.07. The average molecular weight is 455 g/mol. The second-order valence-corrected chi connectivity index (χ2v) is 8.52. The van der Waals surface area contributed by atoms with Crippen LogP contribution in [0.1, 0.15) is 48.2 Å². The Kier molecular flexibility index (Phi) is 7.67. The summed E-state index contributed by atoms with van der Waals surface area (Å²) in [6, 6.07) is 1.86. The molecule has 4 rings (SSSR count). The highest BCUT2D eigenvalue weighted by atomic mass is 16.5. The Hall–Kier alpha value is -2.84. The van der Waals surface area contributed by atoms with Gasteiger partial charge < -0.3 is 25.6 Å². The van der Waals surface area contributed by atoms with E-state index in [2.05, 4.69) is 32.2 Å². The van der Waals surface area contributed by atoms with Gasteiger partial charge in [0.1, 0.15) is 30.0 Å². The van der Waals surface area contributed by atoms with Crippen LogP contribution in [0, 0.1) is 17.8 Å². The molecule has 0 bridgehead atoms. The molecule has 0 aromatic carbocycles. The summed E-state index contributed by atoms with van der Waals surface area (Å²) in [4.78, 5) is 21.5. The molecular formula is C23H30N6O4. The fourth-order valence-electron chi connectivity index (χ4n) is 4.22. The molecular weight excluding hydrogens is 424 g/mol. The summed E-state index contributed by atoms with van der Waals surface area (Å²) < 4.78 is 12.2. The van der Waals surface area contributed by atoms with Crippen molar-refractivity contribution in [3.8, 4) is 11.8 Å². The number of anilines is 1. The van der Waals surface area contributed by atoms with Crippen LogP contribution in [0.5, 0.6) is 0 Å². The number of hydrogen-bond acceptors (Lipinski definition) is 9. The molecule has 33 heavy (non-hydrogen) atoms. The predicted octanol–water partition coefficient (Wildman–Crippen LogP) is 0.962. The van der Waals surface area contributed by atoms with Crippen molar-refractivity contribution < 1.29 is 19.4 Å². The minimum atomic E-state index is -1.01. The van der Waals surface area contributed by atoms with Crippen LogP contribution in [0.25, 0.3) is 0 Å². The molecule has 2 aromatic heterocycles. The lowest BCUT2D eigenvalue weighted by Gasteiger charge is -2.26. The first-order valence-electron chi connectivity index (χ1n) is 11.3. The monoisotopic (exact) mass is 454 g/mol. The molecule has 10 heteroatoms. The lowest BCUT2D eigenvalue weighted by atomic mass is 9.95. The van der Waals surface area contributed by atoms with E-state index >= 15 is 0 Å². The Morgan fingerprint density at radius 3 is 3.06 bits per heavy atom. The quantitative estimate of drug-likeness (QED) is 0.302. The van der Waals surface area contributed by atoms with E-state index in [9.17, 15) is 9.90 Å². The van der Waals surface area contributed by atoms with Gasteiger partial charge in [0.05, 0.1) is 32.1 Å². The van der Waals surface area contributed by atoms with Gasteiger partial charge in [-0.05, 0) is 31.2 Å². The molecule has 1 aliphatic carbocycles. The van der Waals surface area contributed by atoms with Gasteiger partial charge in [-0.15, -0.1) is 0 Å². The van der Waals surface area contributed by atoms with E-state index in [0.717, 1.165) is 19.3 Å². The number of nitrogens with two attached hydrogens (primary N) is 1. The molecule has 0 amide bonds. The van der Waals surface area contributed by atoms with Crippen LogP contribution in [0.4, 0.5) is 5.82 Å². The maximum absolute atomic E-state index is 13.1. The van der Waals surface area contributed by atoms with Gasteiger partial charge in [-0.3, -0.25) is 9.48 Å². The van der Waals surface area contributed by atoms with Gasteiger partial charge in [0, 0.05) is 31.3 Å². The van der Waals surface area contributed by atoms with Gasteiger partial charge >= 0.3 is 0 Å². The zero-order valence-electron chi connectivity index (χ0n) is 18.6. The second-order valence-electron chi connectivity index (χ2n) is 8.52. The van der Waals surface area contributed by atoms with E-state index in [1.807, 2.05) is 0 Å². The summed E-state index contributed by atoms with van der Waals surface area (Å²) in [7, 11) is 0. The molecule has 2 unspecified atom stereocenters. The Morgan fingerprint density at radius 2 is 2.24 bits per heavy atom. The maximum Gasteiger partial charge on any atom is 0.218 e. The molecule has 0 radical (unpaired) electrons. The van der Waals surface area contributed by atoms with Crippen LogP contribution in [0.2, 0.25) is 0 Å². The van der Waals surface area contributed by atoms with Crippen molar-refractivity contribution in [2.75, 3.05) is 31.9 Å². The number of hydrogen-bond donors (Lipinski definition) is 3. The lowest BCUT2D eigenvalue weighted by Crippen LogP contribution is -2.34. The van der Waals surface area contributed by atoms with Crippen molar-refractivity contribution >= 4 is 11.6 Å². The van der Waals surface area contributed by atoms with E-state index in [0.29, 0.717) is 55.7 Å². The normalized spacial score (nSPS) is 21.9. The second kappa shape index (κ2) is 10.9. The molecule has 4 N–H and O–H groups in total. The number of ketones is 1. The number of ether oxygens (including phenoxy) is 2. The summed E-state index contributed by atoms with van der Waals surface area (Å²) in [5.74, 6) is 6.58. The molecule has 176 valence electrons. The third kappa shape index (κ3) is 6.15. The molecule has 10 nitrogen and oxygen atoms in total. The standard InChI is InChI=1S/C23H30N6O4/c24-15-33-14-17-2-3-18(12-17)27-22-19(13-25-16-26-22)21(30)20-4-9-29(28-20)8-1-5-23(31)6-10-32-11-7-23/h4,9,13,16-18,31H,2-3,6-8,10-12,14-15,24H2,(H,25,26,27). The molecule has 2 atom stereocenters. The van der Waals surface area contributed by atoms with E-state index in [-0.39, 0.29) is 25.1 Å². The van der Waals surface area contributed by atoms with Crippen molar-refractivity contribution in [1.82, 2.24) is 19.7 Å². The summed E-state index contributed by atoms with van der Waals surface area (Å²) >= 11 is 0. The van der Waals surface area contributed by atoms with Gasteiger partial charge in [0.25, 0.3) is 0 Å². The van der Waals surface area contributed by atoms with E-state index in [4.69, 9.17) is 15.2 Å². The topological polar surface area (TPSA) is 137 Å². The van der Waals surface area contributed by atoms with Crippen molar-refractivity contribution in [2.45, 2.75) is 50.3 Å². The van der Waals surface area contributed by atoms with Crippen molar-refractivity contribution in [2.24, 2.45) is 11.7 Å². The van der Waals surface area contributed by atoms with Crippen molar-refractivity contribution in [1.29, 1.82) is 0 Å². The fourth-order valence-corrected chi connectivity index (χ4v) is 4.22. The SMILES string of the molecule is NCOCC1CCC(Nc2ncncc2C(=O)c2ccn(CC#CC3(O)CCOCC3)n2)C1. The summed E-state index contributed by atoms with van der Waals surface area (Å²) in [6.45, 7) is 2.17. The van der Waals surface area contributed by atoms with Gasteiger partial charge in [0.15, 0.2) is 0 Å². The number of nitrogens with one attached hydrogen (secondary N) is 1. The number of aromatic nitrogens is 4. The van der Waals surface area contributed by atoms with Crippen LogP contribution in [-0.4, -0.2) is 68.8 Å². The number of carbonyl (C=O) groups excluding carboxylic acids is 1. The minimum Gasteiger partial charge on any atom is -0.381 e. The van der Waals surface area contributed by atoms with Crippen LogP contribution >= 0.6 is 0 Å². The van der Waals surface area contributed by atoms with Crippen LogP contribution in [-0.2, 0) is 16.0 Å². The smallest absolute Gasteiger partial charge is 0.218 e. The van der Waals surface area contributed by atoms with Crippen molar-refractivity contribution in [3.05, 3.63) is 36.0 Å². The Morgan fingerprint density at radius 1 is 1.39 bits per heavy atom. The number of carbonyl (C=O) groups is 1. The van der Waals surface area contributed by atoms with Crippen LogP contribution in [0.15, 0.2) is 24.8 Å². The molecule has 1 saturated carbocycles. The van der Waals surface area contributed by atoms with Gasteiger partial charge in [-0.2, -0.15) is 5.10 Å². The molecule has 2 aromatic rings. The third-order valence-corrected chi connectivity index (χ3v) is 6.07. The molecule has 3 heterocycles. The Balaban J connectivity index is 1.39. The van der Waals surface area contributed by atoms with Gasteiger partial charge in [-0.25, -0.2) is 9.97 Å². The Bertz CT molecular complexity index is 1010. The van der Waals surface area contributed by atoms with Crippen LogP contribution in [0.3, 0.4) is 0 Å². The summed E-state index contributed by atoms with van der Waals surface area (Å²) in [5.41, 5.74) is 5.08. The molecule has 1 aliphatic heterocycles. The first-order valence-corrected chi connectivity index (χ1v) is 11.3.